The molecule has 0 spiro atoms. The lowest BCUT2D eigenvalue weighted by Crippen LogP contribution is -2.30. The van der Waals surface area contributed by atoms with E-state index in [4.69, 9.17) is 16.3 Å². The average Bonchev–Trinajstić information content (AvgIpc) is 2.41. The zero-order valence-electron chi connectivity index (χ0n) is 10.2. The molecule has 1 aliphatic rings. The lowest BCUT2D eigenvalue weighted by atomic mass is 9.86. The van der Waals surface area contributed by atoms with Gasteiger partial charge in [0.1, 0.15) is 17.2 Å². The smallest absolute Gasteiger partial charge is 0.308 e. The van der Waals surface area contributed by atoms with Crippen LogP contribution in [0, 0.1) is 5.92 Å². The molecule has 1 heterocycles. The molecule has 6 heteroatoms. The fraction of sp³-hybridized carbons (Fsp3) is 0.583. The number of nitrogens with zero attached hydrogens (tertiary/aromatic N) is 2. The van der Waals surface area contributed by atoms with Crippen LogP contribution < -0.4 is 5.32 Å². The third kappa shape index (κ3) is 3.10. The summed E-state index contributed by atoms with van der Waals surface area (Å²) in [5, 5.41) is 3.81. The number of anilines is 1. The van der Waals surface area contributed by atoms with Crippen LogP contribution in [0.5, 0.6) is 0 Å². The van der Waals surface area contributed by atoms with Crippen LogP contribution in [-0.4, -0.2) is 29.1 Å². The first-order valence-corrected chi connectivity index (χ1v) is 6.38. The lowest BCUT2D eigenvalue weighted by Gasteiger charge is -2.28. The maximum atomic E-state index is 11.4. The molecule has 98 valence electrons. The van der Waals surface area contributed by atoms with Gasteiger partial charge in [0.15, 0.2) is 0 Å². The van der Waals surface area contributed by atoms with Gasteiger partial charge in [-0.05, 0) is 25.7 Å². The number of carbonyl (C=O) groups excluding carboxylic acids is 1. The average molecular weight is 270 g/mol. The van der Waals surface area contributed by atoms with Crippen LogP contribution in [0.3, 0.4) is 0 Å². The monoisotopic (exact) mass is 269 g/mol. The standard InChI is InChI=1S/C12H16ClN3O2/c1-18-12(17)8-2-4-9(5-3-8)16-11-10(13)6-14-7-15-11/h6-9H,2-5H2,1H3,(H,14,15,16). The maximum Gasteiger partial charge on any atom is 0.308 e. The molecule has 0 amide bonds. The second-order valence-electron chi connectivity index (χ2n) is 4.44. The van der Waals surface area contributed by atoms with Gasteiger partial charge in [-0.25, -0.2) is 9.97 Å². The Morgan fingerprint density at radius 1 is 1.44 bits per heavy atom. The van der Waals surface area contributed by atoms with E-state index in [-0.39, 0.29) is 11.9 Å². The number of nitrogens with one attached hydrogen (secondary N) is 1. The largest absolute Gasteiger partial charge is 0.469 e. The molecule has 1 aromatic heterocycles. The quantitative estimate of drug-likeness (QED) is 0.853. The van der Waals surface area contributed by atoms with E-state index >= 15 is 0 Å². The molecule has 0 bridgehead atoms. The number of aromatic nitrogens is 2. The molecular weight excluding hydrogens is 254 g/mol. The Balaban J connectivity index is 1.87. The highest BCUT2D eigenvalue weighted by Crippen LogP contribution is 2.28. The van der Waals surface area contributed by atoms with Crippen LogP contribution in [0.25, 0.3) is 0 Å². The number of hydrogen-bond donors (Lipinski definition) is 1. The van der Waals surface area contributed by atoms with E-state index < -0.39 is 0 Å². The van der Waals surface area contributed by atoms with Crippen LogP contribution >= 0.6 is 11.6 Å². The Labute approximate surface area is 111 Å². The summed E-state index contributed by atoms with van der Waals surface area (Å²) in [6.07, 6.45) is 6.55. The number of rotatable bonds is 3. The van der Waals surface area contributed by atoms with Crippen molar-refractivity contribution in [1.29, 1.82) is 0 Å². The van der Waals surface area contributed by atoms with Crippen molar-refractivity contribution in [2.45, 2.75) is 31.7 Å². The zero-order chi connectivity index (χ0) is 13.0. The first-order valence-electron chi connectivity index (χ1n) is 6.00. The molecule has 1 fully saturated rings. The summed E-state index contributed by atoms with van der Waals surface area (Å²) >= 11 is 5.98. The van der Waals surface area contributed by atoms with Gasteiger partial charge >= 0.3 is 5.97 Å². The van der Waals surface area contributed by atoms with Crippen molar-refractivity contribution >= 4 is 23.4 Å². The maximum absolute atomic E-state index is 11.4. The summed E-state index contributed by atoms with van der Waals surface area (Å²) < 4.78 is 4.76. The van der Waals surface area contributed by atoms with Crippen molar-refractivity contribution in [3.05, 3.63) is 17.5 Å². The number of carbonyl (C=O) groups is 1. The van der Waals surface area contributed by atoms with Gasteiger partial charge in [-0.15, -0.1) is 0 Å². The third-order valence-corrected chi connectivity index (χ3v) is 3.55. The molecule has 1 N–H and O–H groups in total. The van der Waals surface area contributed by atoms with E-state index in [1.165, 1.54) is 13.4 Å². The Bertz CT molecular complexity index is 420. The summed E-state index contributed by atoms with van der Waals surface area (Å²) in [4.78, 5) is 19.3. The topological polar surface area (TPSA) is 64.1 Å². The van der Waals surface area contributed by atoms with Crippen LogP contribution in [0.15, 0.2) is 12.5 Å². The van der Waals surface area contributed by atoms with Crippen LogP contribution in [0.1, 0.15) is 25.7 Å². The molecule has 0 radical (unpaired) electrons. The highest BCUT2D eigenvalue weighted by Gasteiger charge is 2.27. The Kier molecular flexibility index (Phi) is 4.36. The number of hydrogen-bond acceptors (Lipinski definition) is 5. The lowest BCUT2D eigenvalue weighted by molar-refractivity contribution is -0.146. The zero-order valence-corrected chi connectivity index (χ0v) is 11.0. The summed E-state index contributed by atoms with van der Waals surface area (Å²) in [5.41, 5.74) is 0. The van der Waals surface area contributed by atoms with Gasteiger partial charge < -0.3 is 10.1 Å². The fourth-order valence-corrected chi connectivity index (χ4v) is 2.41. The number of halogens is 1. The Morgan fingerprint density at radius 3 is 2.78 bits per heavy atom. The minimum atomic E-state index is -0.103. The van der Waals surface area contributed by atoms with Gasteiger partial charge in [-0.3, -0.25) is 4.79 Å². The molecule has 0 saturated heterocycles. The summed E-state index contributed by atoms with van der Waals surface area (Å²) in [6, 6.07) is 0.304. The minimum absolute atomic E-state index is 0.0360. The van der Waals surface area contributed by atoms with Gasteiger partial charge in [0.2, 0.25) is 0 Å². The Morgan fingerprint density at radius 2 is 2.17 bits per heavy atom. The minimum Gasteiger partial charge on any atom is -0.469 e. The van der Waals surface area contributed by atoms with Crippen molar-refractivity contribution in [1.82, 2.24) is 9.97 Å². The molecule has 0 unspecified atom stereocenters. The van der Waals surface area contributed by atoms with E-state index in [9.17, 15) is 4.79 Å². The van der Waals surface area contributed by atoms with E-state index in [1.807, 2.05) is 0 Å². The number of methoxy groups -OCH3 is 1. The first kappa shape index (κ1) is 13.1. The van der Waals surface area contributed by atoms with Gasteiger partial charge in [0, 0.05) is 6.04 Å². The molecular formula is C12H16ClN3O2. The summed E-state index contributed by atoms with van der Waals surface area (Å²) in [6.45, 7) is 0. The van der Waals surface area contributed by atoms with Gasteiger partial charge in [0.25, 0.3) is 0 Å². The van der Waals surface area contributed by atoms with E-state index in [1.54, 1.807) is 6.20 Å². The van der Waals surface area contributed by atoms with Crippen LogP contribution in [-0.2, 0) is 9.53 Å². The molecule has 1 saturated carbocycles. The molecule has 1 aromatic rings. The SMILES string of the molecule is COC(=O)C1CCC(Nc2ncncc2Cl)CC1. The number of esters is 1. The summed E-state index contributed by atoms with van der Waals surface area (Å²) in [5.74, 6) is 0.593. The van der Waals surface area contributed by atoms with Crippen LogP contribution in [0.2, 0.25) is 5.02 Å². The van der Waals surface area contributed by atoms with Gasteiger partial charge in [0.05, 0.1) is 19.2 Å². The predicted octanol–water partition coefficient (Wildman–Crippen LogP) is 2.27. The predicted molar refractivity (Wildman–Crippen MR) is 68.4 cm³/mol. The highest BCUT2D eigenvalue weighted by molar-refractivity contribution is 6.32. The van der Waals surface area contributed by atoms with Gasteiger partial charge in [-0.1, -0.05) is 11.6 Å². The first-order chi connectivity index (χ1) is 8.70. The van der Waals surface area contributed by atoms with Crippen molar-refractivity contribution in [3.8, 4) is 0 Å². The molecule has 0 aliphatic heterocycles. The van der Waals surface area contributed by atoms with Gasteiger partial charge in [-0.2, -0.15) is 0 Å². The molecule has 2 rings (SSSR count). The van der Waals surface area contributed by atoms with Crippen molar-refractivity contribution < 1.29 is 9.53 Å². The van der Waals surface area contributed by atoms with Crippen molar-refractivity contribution in [2.24, 2.45) is 5.92 Å². The van der Waals surface area contributed by atoms with Crippen molar-refractivity contribution in [3.63, 3.8) is 0 Å². The molecule has 5 nitrogen and oxygen atoms in total. The fourth-order valence-electron chi connectivity index (χ4n) is 2.25. The molecule has 0 atom stereocenters. The second-order valence-corrected chi connectivity index (χ2v) is 4.84. The van der Waals surface area contributed by atoms with E-state index in [0.717, 1.165) is 25.7 Å². The van der Waals surface area contributed by atoms with E-state index in [2.05, 4.69) is 15.3 Å². The molecule has 18 heavy (non-hydrogen) atoms. The molecule has 1 aliphatic carbocycles. The second kappa shape index (κ2) is 6.00. The molecule has 0 aromatic carbocycles. The van der Waals surface area contributed by atoms with E-state index in [0.29, 0.717) is 16.9 Å². The van der Waals surface area contributed by atoms with Crippen LogP contribution in [0.4, 0.5) is 5.82 Å². The third-order valence-electron chi connectivity index (χ3n) is 3.27. The normalized spacial score (nSPS) is 23.4. The Hall–Kier alpha value is -1.36. The number of ether oxygens (including phenoxy) is 1. The summed E-state index contributed by atoms with van der Waals surface area (Å²) in [7, 11) is 1.44. The van der Waals surface area contributed by atoms with Crippen molar-refractivity contribution in [2.75, 3.05) is 12.4 Å². The highest BCUT2D eigenvalue weighted by atomic mass is 35.5.